The Morgan fingerprint density at radius 3 is 2.61 bits per heavy atom. The Bertz CT molecular complexity index is 1060. The second-order valence-corrected chi connectivity index (χ2v) is 8.13. The van der Waals surface area contributed by atoms with Gasteiger partial charge in [-0.2, -0.15) is 0 Å². The summed E-state index contributed by atoms with van der Waals surface area (Å²) in [5.74, 6) is 2.08. The molecular weight excluding hydrogens is 418 g/mol. The Morgan fingerprint density at radius 2 is 1.76 bits per heavy atom. The fourth-order valence-corrected chi connectivity index (χ4v) is 3.48. The van der Waals surface area contributed by atoms with Gasteiger partial charge in [0.1, 0.15) is 24.7 Å². The van der Waals surface area contributed by atoms with E-state index in [0.717, 1.165) is 47.2 Å². The molecule has 1 aliphatic heterocycles. The number of ether oxygens (including phenoxy) is 3. The molecule has 1 aromatic heterocycles. The zero-order valence-corrected chi connectivity index (χ0v) is 19.5. The van der Waals surface area contributed by atoms with Crippen LogP contribution in [0.2, 0.25) is 0 Å². The first-order valence-electron chi connectivity index (χ1n) is 11.1. The van der Waals surface area contributed by atoms with E-state index in [2.05, 4.69) is 47.3 Å². The summed E-state index contributed by atoms with van der Waals surface area (Å²) < 4.78 is 17.7. The highest BCUT2D eigenvalue weighted by atomic mass is 16.5. The van der Waals surface area contributed by atoms with E-state index < -0.39 is 0 Å². The summed E-state index contributed by atoms with van der Waals surface area (Å²) in [5, 5.41) is 3.31. The molecular formula is C25H31N5O3. The molecule has 0 saturated heterocycles. The lowest BCUT2D eigenvalue weighted by molar-refractivity contribution is 0.0765. The van der Waals surface area contributed by atoms with Crippen LogP contribution in [0.1, 0.15) is 0 Å². The maximum atomic E-state index is 6.12. The van der Waals surface area contributed by atoms with Crippen molar-refractivity contribution >= 4 is 17.3 Å². The number of hydrogen-bond acceptors (Lipinski definition) is 8. The van der Waals surface area contributed by atoms with Gasteiger partial charge >= 0.3 is 0 Å². The van der Waals surface area contributed by atoms with Gasteiger partial charge in [0, 0.05) is 43.7 Å². The van der Waals surface area contributed by atoms with Crippen molar-refractivity contribution in [2.24, 2.45) is 0 Å². The lowest BCUT2D eigenvalue weighted by Gasteiger charge is -2.24. The molecule has 6 bridgehead atoms. The molecule has 174 valence electrons. The minimum atomic E-state index is 0.444. The van der Waals surface area contributed by atoms with E-state index in [1.807, 2.05) is 42.5 Å². The van der Waals surface area contributed by atoms with Crippen molar-refractivity contribution in [1.29, 1.82) is 0 Å². The lowest BCUT2D eigenvalue weighted by Crippen LogP contribution is -2.28. The molecule has 0 radical (unpaired) electrons. The number of aromatic nitrogens is 2. The Labute approximate surface area is 195 Å². The Morgan fingerprint density at radius 1 is 0.909 bits per heavy atom. The predicted octanol–water partition coefficient (Wildman–Crippen LogP) is 3.67. The second-order valence-electron chi connectivity index (χ2n) is 8.13. The van der Waals surface area contributed by atoms with Gasteiger partial charge in [0.05, 0.1) is 24.6 Å². The van der Waals surface area contributed by atoms with E-state index in [0.29, 0.717) is 32.4 Å². The molecule has 8 heteroatoms. The molecule has 0 amide bonds. The number of rotatable bonds is 4. The summed E-state index contributed by atoms with van der Waals surface area (Å²) in [6.07, 6.45) is 1.75. The third-order valence-electron chi connectivity index (χ3n) is 5.28. The molecule has 0 spiro atoms. The topological polar surface area (TPSA) is 72.0 Å². The van der Waals surface area contributed by atoms with Crippen LogP contribution in [0, 0.1) is 0 Å². The first-order valence-corrected chi connectivity index (χ1v) is 11.1. The maximum Gasteiger partial charge on any atom is 0.227 e. The van der Waals surface area contributed by atoms with Crippen LogP contribution < -0.4 is 19.7 Å². The number of nitrogens with one attached hydrogen (secondary N) is 1. The van der Waals surface area contributed by atoms with E-state index in [4.69, 9.17) is 19.2 Å². The van der Waals surface area contributed by atoms with Crippen LogP contribution in [0.5, 0.6) is 11.5 Å². The summed E-state index contributed by atoms with van der Waals surface area (Å²) in [4.78, 5) is 13.4. The van der Waals surface area contributed by atoms with Crippen LogP contribution in [-0.4, -0.2) is 75.5 Å². The van der Waals surface area contributed by atoms with Crippen LogP contribution in [0.3, 0.4) is 0 Å². The normalized spacial score (nSPS) is 13.9. The summed E-state index contributed by atoms with van der Waals surface area (Å²) >= 11 is 0. The Hall–Kier alpha value is -3.36. The molecule has 1 N–H and O–H groups in total. The SMILES string of the molecule is CN(C)CCN(C)c1ccc2cc1OCCOCCOc1cccc(c1)-c1ccnc(n1)N2. The zero-order valence-electron chi connectivity index (χ0n) is 19.5. The smallest absolute Gasteiger partial charge is 0.227 e. The molecule has 8 nitrogen and oxygen atoms in total. The maximum absolute atomic E-state index is 6.12. The van der Waals surface area contributed by atoms with Crippen LogP contribution in [0.15, 0.2) is 54.7 Å². The van der Waals surface area contributed by atoms with Crippen LogP contribution in [0.4, 0.5) is 17.3 Å². The summed E-state index contributed by atoms with van der Waals surface area (Å²) in [6, 6.07) is 15.8. The predicted molar refractivity (Wildman–Crippen MR) is 131 cm³/mol. The van der Waals surface area contributed by atoms with Crippen molar-refractivity contribution in [3.63, 3.8) is 0 Å². The molecule has 0 aliphatic carbocycles. The number of likely N-dealkylation sites (N-methyl/N-ethyl adjacent to an activating group) is 2. The van der Waals surface area contributed by atoms with Crippen LogP contribution >= 0.6 is 0 Å². The van der Waals surface area contributed by atoms with Gasteiger partial charge < -0.3 is 29.3 Å². The summed E-state index contributed by atoms with van der Waals surface area (Å²) in [5.41, 5.74) is 3.66. The van der Waals surface area contributed by atoms with Crippen molar-refractivity contribution in [2.45, 2.75) is 0 Å². The minimum Gasteiger partial charge on any atom is -0.491 e. The van der Waals surface area contributed by atoms with Gasteiger partial charge in [0.15, 0.2) is 0 Å². The van der Waals surface area contributed by atoms with Gasteiger partial charge in [-0.15, -0.1) is 0 Å². The molecule has 4 rings (SSSR count). The summed E-state index contributed by atoms with van der Waals surface area (Å²) in [6.45, 7) is 3.70. The molecule has 0 saturated carbocycles. The summed E-state index contributed by atoms with van der Waals surface area (Å²) in [7, 11) is 6.21. The van der Waals surface area contributed by atoms with Gasteiger partial charge in [-0.25, -0.2) is 9.97 Å². The molecule has 0 unspecified atom stereocenters. The largest absolute Gasteiger partial charge is 0.491 e. The van der Waals surface area contributed by atoms with E-state index in [1.165, 1.54) is 0 Å². The number of fused-ring (bicyclic) bond motifs is 7. The van der Waals surface area contributed by atoms with E-state index >= 15 is 0 Å². The van der Waals surface area contributed by atoms with E-state index in [9.17, 15) is 0 Å². The fraction of sp³-hybridized carbons (Fsp3) is 0.360. The van der Waals surface area contributed by atoms with Crippen molar-refractivity contribution in [1.82, 2.24) is 14.9 Å². The highest BCUT2D eigenvalue weighted by Crippen LogP contribution is 2.32. The van der Waals surface area contributed by atoms with E-state index in [-0.39, 0.29) is 0 Å². The highest BCUT2D eigenvalue weighted by Gasteiger charge is 2.12. The van der Waals surface area contributed by atoms with Gasteiger partial charge in [0.25, 0.3) is 0 Å². The van der Waals surface area contributed by atoms with Gasteiger partial charge in [-0.1, -0.05) is 12.1 Å². The zero-order chi connectivity index (χ0) is 23.0. The van der Waals surface area contributed by atoms with Crippen molar-refractivity contribution in [3.8, 4) is 22.8 Å². The van der Waals surface area contributed by atoms with Gasteiger partial charge in [-0.05, 0) is 44.4 Å². The second kappa shape index (κ2) is 11.0. The highest BCUT2D eigenvalue weighted by molar-refractivity contribution is 5.68. The lowest BCUT2D eigenvalue weighted by atomic mass is 10.1. The Balaban J connectivity index is 1.63. The first kappa shape index (κ1) is 22.8. The standard InChI is InChI=1S/C25H31N5O3/c1-29(2)11-12-30(3)23-8-7-20-18-24(23)33-16-14-31-13-15-32-21-6-4-5-19(17-21)22-9-10-26-25(27-20)28-22/h4-10,17-18H,11-16H2,1-3H3,(H,26,27,28). The average molecular weight is 450 g/mol. The Kier molecular flexibility index (Phi) is 7.59. The molecule has 33 heavy (non-hydrogen) atoms. The third kappa shape index (κ3) is 6.34. The van der Waals surface area contributed by atoms with Crippen molar-refractivity contribution in [3.05, 3.63) is 54.7 Å². The third-order valence-corrected chi connectivity index (χ3v) is 5.28. The number of anilines is 3. The molecule has 2 aromatic carbocycles. The fourth-order valence-electron chi connectivity index (χ4n) is 3.48. The first-order chi connectivity index (χ1) is 16.1. The number of benzene rings is 2. The van der Waals surface area contributed by atoms with E-state index in [1.54, 1.807) is 6.20 Å². The molecule has 2 heterocycles. The molecule has 0 fully saturated rings. The quantitative estimate of drug-likeness (QED) is 0.647. The molecule has 1 aliphatic rings. The molecule has 3 aromatic rings. The van der Waals surface area contributed by atoms with Gasteiger partial charge in [0.2, 0.25) is 5.95 Å². The van der Waals surface area contributed by atoms with Crippen molar-refractivity contribution < 1.29 is 14.2 Å². The molecule has 0 atom stereocenters. The number of hydrogen-bond donors (Lipinski definition) is 1. The number of nitrogens with zero attached hydrogens (tertiary/aromatic N) is 4. The van der Waals surface area contributed by atoms with Gasteiger partial charge in [-0.3, -0.25) is 0 Å². The van der Waals surface area contributed by atoms with Crippen molar-refractivity contribution in [2.75, 3.05) is 70.9 Å². The minimum absolute atomic E-state index is 0.444. The van der Waals surface area contributed by atoms with Crippen LogP contribution in [0.25, 0.3) is 11.3 Å². The monoisotopic (exact) mass is 449 g/mol. The van der Waals surface area contributed by atoms with Crippen LogP contribution in [-0.2, 0) is 4.74 Å². The average Bonchev–Trinajstić information content (AvgIpc) is 2.82.